The van der Waals surface area contributed by atoms with Crippen LogP contribution in [0.1, 0.15) is 16.7 Å². The molecule has 2 nitrogen and oxygen atoms in total. The average molecular weight is 366 g/mol. The van der Waals surface area contributed by atoms with Crippen molar-refractivity contribution in [2.24, 2.45) is 0 Å². The highest BCUT2D eigenvalue weighted by molar-refractivity contribution is 9.10. The molecule has 0 aromatic heterocycles. The van der Waals surface area contributed by atoms with E-state index >= 15 is 0 Å². The van der Waals surface area contributed by atoms with Crippen molar-refractivity contribution in [3.63, 3.8) is 0 Å². The number of hydrogen-bond donors (Lipinski definition) is 0. The Balaban J connectivity index is 1.75. The number of hydrogen-bond acceptors (Lipinski definition) is 2. The lowest BCUT2D eigenvalue weighted by Crippen LogP contribution is -2.07. The van der Waals surface area contributed by atoms with Crippen molar-refractivity contribution in [2.45, 2.75) is 19.3 Å². The van der Waals surface area contributed by atoms with Crippen LogP contribution in [0.25, 0.3) is 0 Å². The number of ether oxygens (including phenoxy) is 1. The maximum atomic E-state index is 12.3. The SMILES string of the molecule is O=C(Cc1ccc(Br)cc1)Cc1cc(Cl)cc2c1OCC2. The van der Waals surface area contributed by atoms with Gasteiger partial charge in [-0.2, -0.15) is 0 Å². The zero-order valence-corrected chi connectivity index (χ0v) is 13.7. The van der Waals surface area contributed by atoms with Crippen molar-refractivity contribution in [1.29, 1.82) is 0 Å². The second-order valence-corrected chi connectivity index (χ2v) is 6.52. The fourth-order valence-corrected chi connectivity index (χ4v) is 3.11. The van der Waals surface area contributed by atoms with E-state index < -0.39 is 0 Å². The summed E-state index contributed by atoms with van der Waals surface area (Å²) in [4.78, 5) is 12.3. The van der Waals surface area contributed by atoms with E-state index in [4.69, 9.17) is 16.3 Å². The van der Waals surface area contributed by atoms with E-state index in [1.165, 1.54) is 0 Å². The van der Waals surface area contributed by atoms with Crippen molar-refractivity contribution < 1.29 is 9.53 Å². The lowest BCUT2D eigenvalue weighted by atomic mass is 10.00. The van der Waals surface area contributed by atoms with Crippen molar-refractivity contribution >= 4 is 33.3 Å². The van der Waals surface area contributed by atoms with Crippen molar-refractivity contribution in [2.75, 3.05) is 6.61 Å². The predicted molar refractivity (Wildman–Crippen MR) is 87.2 cm³/mol. The summed E-state index contributed by atoms with van der Waals surface area (Å²) in [6, 6.07) is 11.6. The van der Waals surface area contributed by atoms with Crippen LogP contribution in [-0.2, 0) is 24.1 Å². The van der Waals surface area contributed by atoms with Gasteiger partial charge >= 0.3 is 0 Å². The van der Waals surface area contributed by atoms with E-state index in [-0.39, 0.29) is 5.78 Å². The van der Waals surface area contributed by atoms with E-state index in [0.29, 0.717) is 24.5 Å². The lowest BCUT2D eigenvalue weighted by molar-refractivity contribution is -0.117. The molecular weight excluding hydrogens is 352 g/mol. The number of Topliss-reactive ketones (excluding diaryl/α,β-unsaturated/α-hetero) is 1. The summed E-state index contributed by atoms with van der Waals surface area (Å²) in [7, 11) is 0. The van der Waals surface area contributed by atoms with Gasteiger partial charge in [-0.15, -0.1) is 0 Å². The molecule has 3 rings (SSSR count). The van der Waals surface area contributed by atoms with Crippen LogP contribution in [0.2, 0.25) is 5.02 Å². The number of ketones is 1. The summed E-state index contributed by atoms with van der Waals surface area (Å²) < 4.78 is 6.65. The molecule has 0 spiro atoms. The number of carbonyl (C=O) groups excluding carboxylic acids is 1. The van der Waals surface area contributed by atoms with Crippen LogP contribution < -0.4 is 4.74 Å². The minimum absolute atomic E-state index is 0.164. The monoisotopic (exact) mass is 364 g/mol. The lowest BCUT2D eigenvalue weighted by Gasteiger charge is -2.08. The third-order valence-corrected chi connectivity index (χ3v) is 4.27. The molecule has 0 amide bonds. The van der Waals surface area contributed by atoms with Gasteiger partial charge in [0, 0.05) is 34.3 Å². The summed E-state index contributed by atoms with van der Waals surface area (Å²) in [5, 5.41) is 0.672. The number of rotatable bonds is 4. The molecule has 0 unspecified atom stereocenters. The van der Waals surface area contributed by atoms with Crippen LogP contribution in [0.4, 0.5) is 0 Å². The fraction of sp³-hybridized carbons (Fsp3) is 0.235. The maximum Gasteiger partial charge on any atom is 0.141 e. The smallest absolute Gasteiger partial charge is 0.141 e. The van der Waals surface area contributed by atoms with Gasteiger partial charge in [-0.25, -0.2) is 0 Å². The summed E-state index contributed by atoms with van der Waals surface area (Å²) in [6.45, 7) is 0.670. The van der Waals surface area contributed by atoms with Crippen LogP contribution in [0, 0.1) is 0 Å². The molecule has 0 fully saturated rings. The van der Waals surface area contributed by atoms with Crippen molar-refractivity contribution in [3.8, 4) is 5.75 Å². The number of benzene rings is 2. The minimum atomic E-state index is 0.164. The molecule has 21 heavy (non-hydrogen) atoms. The van der Waals surface area contributed by atoms with Crippen LogP contribution in [0.15, 0.2) is 40.9 Å². The Kier molecular flexibility index (Phi) is 4.32. The number of carbonyl (C=O) groups is 1. The summed E-state index contributed by atoms with van der Waals surface area (Å²) in [5.41, 5.74) is 3.02. The first-order valence-corrected chi connectivity index (χ1v) is 7.99. The third kappa shape index (κ3) is 3.47. The first-order valence-electron chi connectivity index (χ1n) is 6.82. The highest BCUT2D eigenvalue weighted by atomic mass is 79.9. The molecule has 0 bridgehead atoms. The molecule has 0 saturated carbocycles. The highest BCUT2D eigenvalue weighted by Gasteiger charge is 2.19. The van der Waals surface area contributed by atoms with Gasteiger partial charge in [-0.3, -0.25) is 4.79 Å². The van der Waals surface area contributed by atoms with E-state index in [2.05, 4.69) is 15.9 Å². The molecule has 2 aromatic rings. The molecule has 4 heteroatoms. The van der Waals surface area contributed by atoms with Gasteiger partial charge in [-0.05, 0) is 35.4 Å². The molecule has 2 aromatic carbocycles. The second-order valence-electron chi connectivity index (χ2n) is 5.17. The maximum absolute atomic E-state index is 12.3. The molecule has 0 radical (unpaired) electrons. The van der Waals surface area contributed by atoms with Crippen LogP contribution in [0.5, 0.6) is 5.75 Å². The third-order valence-electron chi connectivity index (χ3n) is 3.53. The Bertz CT molecular complexity index is 680. The first-order chi connectivity index (χ1) is 10.1. The Labute approximate surface area is 137 Å². The standard InChI is InChI=1S/C17H14BrClO2/c18-14-3-1-11(2-4-14)7-16(20)10-13-9-15(19)8-12-5-6-21-17(12)13/h1-4,8-9H,5-7,10H2. The van der Waals surface area contributed by atoms with Gasteiger partial charge in [0.15, 0.2) is 0 Å². The molecule has 0 N–H and O–H groups in total. The Hall–Kier alpha value is -1.32. The zero-order chi connectivity index (χ0) is 14.8. The van der Waals surface area contributed by atoms with E-state index in [0.717, 1.165) is 33.3 Å². The fourth-order valence-electron chi connectivity index (χ4n) is 2.58. The van der Waals surface area contributed by atoms with Gasteiger partial charge in [-0.1, -0.05) is 39.7 Å². The van der Waals surface area contributed by atoms with Crippen LogP contribution >= 0.6 is 27.5 Å². The van der Waals surface area contributed by atoms with Gasteiger partial charge < -0.3 is 4.74 Å². The van der Waals surface area contributed by atoms with E-state index in [1.54, 1.807) is 0 Å². The highest BCUT2D eigenvalue weighted by Crippen LogP contribution is 2.33. The molecule has 0 saturated heterocycles. The minimum Gasteiger partial charge on any atom is -0.493 e. The summed E-state index contributed by atoms with van der Waals surface area (Å²) >= 11 is 9.51. The molecule has 108 valence electrons. The topological polar surface area (TPSA) is 26.3 Å². The summed E-state index contributed by atoms with van der Waals surface area (Å²) in [6.07, 6.45) is 1.65. The molecular formula is C17H14BrClO2. The van der Waals surface area contributed by atoms with Gasteiger partial charge in [0.1, 0.15) is 11.5 Å². The number of halogens is 2. The summed E-state index contributed by atoms with van der Waals surface area (Å²) in [5.74, 6) is 1.01. The van der Waals surface area contributed by atoms with Crippen molar-refractivity contribution in [1.82, 2.24) is 0 Å². The first kappa shape index (κ1) is 14.6. The normalized spacial score (nSPS) is 12.9. The zero-order valence-electron chi connectivity index (χ0n) is 11.4. The van der Waals surface area contributed by atoms with Crippen LogP contribution in [0.3, 0.4) is 0 Å². The molecule has 1 aliphatic heterocycles. The number of fused-ring (bicyclic) bond motifs is 1. The van der Waals surface area contributed by atoms with Crippen LogP contribution in [-0.4, -0.2) is 12.4 Å². The quantitative estimate of drug-likeness (QED) is 0.803. The van der Waals surface area contributed by atoms with Gasteiger partial charge in [0.2, 0.25) is 0 Å². The molecule has 0 aliphatic carbocycles. The largest absolute Gasteiger partial charge is 0.493 e. The molecule has 1 heterocycles. The second kappa shape index (κ2) is 6.20. The Morgan fingerprint density at radius 2 is 1.95 bits per heavy atom. The molecule has 1 aliphatic rings. The van der Waals surface area contributed by atoms with E-state index in [9.17, 15) is 4.79 Å². The van der Waals surface area contributed by atoms with Gasteiger partial charge in [0.05, 0.1) is 6.61 Å². The Morgan fingerprint density at radius 1 is 1.19 bits per heavy atom. The van der Waals surface area contributed by atoms with Gasteiger partial charge in [0.25, 0.3) is 0 Å². The van der Waals surface area contributed by atoms with Crippen molar-refractivity contribution in [3.05, 3.63) is 62.6 Å². The molecule has 0 atom stereocenters. The Morgan fingerprint density at radius 3 is 2.71 bits per heavy atom. The van der Waals surface area contributed by atoms with E-state index in [1.807, 2.05) is 36.4 Å². The predicted octanol–water partition coefficient (Wildman–Crippen LogP) is 4.39. The average Bonchev–Trinajstić information content (AvgIpc) is 2.89.